The Morgan fingerprint density at radius 1 is 1.37 bits per heavy atom. The molecule has 0 unspecified atom stereocenters. The number of benzene rings is 1. The highest BCUT2D eigenvalue weighted by Crippen LogP contribution is 2.31. The van der Waals surface area contributed by atoms with Crippen molar-refractivity contribution in [2.24, 2.45) is 0 Å². The van der Waals surface area contributed by atoms with Gasteiger partial charge in [0.25, 0.3) is 5.91 Å². The van der Waals surface area contributed by atoms with E-state index in [4.69, 9.17) is 14.7 Å². The summed E-state index contributed by atoms with van der Waals surface area (Å²) in [5.41, 5.74) is 0.514. The molecule has 0 atom stereocenters. The summed E-state index contributed by atoms with van der Waals surface area (Å²) >= 11 is 0. The van der Waals surface area contributed by atoms with Crippen molar-refractivity contribution >= 4 is 5.91 Å². The lowest BCUT2D eigenvalue weighted by molar-refractivity contribution is 0.0764. The lowest BCUT2D eigenvalue weighted by atomic mass is 10.1. The fourth-order valence-electron chi connectivity index (χ4n) is 1.96. The van der Waals surface area contributed by atoms with Crippen molar-refractivity contribution in [1.29, 1.82) is 5.26 Å². The third-order valence-corrected chi connectivity index (χ3v) is 3.12. The first-order chi connectivity index (χ1) is 9.21. The predicted octanol–water partition coefficient (Wildman–Crippen LogP) is 1.83. The smallest absolute Gasteiger partial charge is 0.255 e. The molecule has 1 aliphatic carbocycles. The monoisotopic (exact) mass is 260 g/mol. The Kier molecular flexibility index (Phi) is 3.91. The molecule has 100 valence electrons. The molecule has 5 nitrogen and oxygen atoms in total. The minimum Gasteiger partial charge on any atom is -0.493 e. The summed E-state index contributed by atoms with van der Waals surface area (Å²) in [6.45, 7) is 0.123. The number of carbonyl (C=O) groups excluding carboxylic acids is 1. The first-order valence-electron chi connectivity index (χ1n) is 6.11. The summed E-state index contributed by atoms with van der Waals surface area (Å²) < 4.78 is 10.3. The van der Waals surface area contributed by atoms with E-state index in [1.165, 1.54) is 7.11 Å². The van der Waals surface area contributed by atoms with Crippen LogP contribution in [0.1, 0.15) is 23.2 Å². The molecule has 1 aromatic carbocycles. The number of carbonyl (C=O) groups is 1. The minimum atomic E-state index is -0.134. The van der Waals surface area contributed by atoms with Gasteiger partial charge >= 0.3 is 0 Å². The highest BCUT2D eigenvalue weighted by Gasteiger charge is 2.33. The van der Waals surface area contributed by atoms with Gasteiger partial charge in [0.1, 0.15) is 6.54 Å². The molecular formula is C14H16N2O3. The van der Waals surface area contributed by atoms with Crippen LogP contribution < -0.4 is 9.47 Å². The molecule has 5 heteroatoms. The summed E-state index contributed by atoms with van der Waals surface area (Å²) in [4.78, 5) is 14.0. The number of hydrogen-bond acceptors (Lipinski definition) is 4. The first-order valence-corrected chi connectivity index (χ1v) is 6.11. The number of nitrogens with zero attached hydrogens (tertiary/aromatic N) is 2. The lowest BCUT2D eigenvalue weighted by Crippen LogP contribution is -2.33. The van der Waals surface area contributed by atoms with E-state index in [9.17, 15) is 4.79 Å². The number of amides is 1. The standard InChI is InChI=1S/C14H16N2O3/c1-18-12-6-3-10(9-13(12)19-2)14(17)16(8-7-15)11-4-5-11/h3,6,9,11H,4-5,8H2,1-2H3. The molecule has 1 aromatic rings. The van der Waals surface area contributed by atoms with Crippen molar-refractivity contribution in [3.8, 4) is 17.6 Å². The van der Waals surface area contributed by atoms with Crippen LogP contribution in [-0.2, 0) is 0 Å². The maximum Gasteiger partial charge on any atom is 0.255 e. The van der Waals surface area contributed by atoms with E-state index in [0.29, 0.717) is 17.1 Å². The van der Waals surface area contributed by atoms with E-state index in [2.05, 4.69) is 0 Å². The second-order valence-electron chi connectivity index (χ2n) is 4.39. The van der Waals surface area contributed by atoms with Crippen molar-refractivity contribution in [1.82, 2.24) is 4.90 Å². The SMILES string of the molecule is COc1ccc(C(=O)N(CC#N)C2CC2)cc1OC. The zero-order chi connectivity index (χ0) is 13.8. The van der Waals surface area contributed by atoms with Gasteiger partial charge in [0, 0.05) is 11.6 Å². The van der Waals surface area contributed by atoms with E-state index < -0.39 is 0 Å². The van der Waals surface area contributed by atoms with Crippen LogP contribution in [0.2, 0.25) is 0 Å². The minimum absolute atomic E-state index is 0.123. The predicted molar refractivity (Wildman–Crippen MR) is 69.2 cm³/mol. The molecule has 0 heterocycles. The van der Waals surface area contributed by atoms with Crippen molar-refractivity contribution in [2.45, 2.75) is 18.9 Å². The fraction of sp³-hybridized carbons (Fsp3) is 0.429. The van der Waals surface area contributed by atoms with Crippen LogP contribution >= 0.6 is 0 Å². The summed E-state index contributed by atoms with van der Waals surface area (Å²) in [6, 6.07) is 7.28. The molecule has 0 N–H and O–H groups in total. The van der Waals surface area contributed by atoms with Gasteiger partial charge in [-0.1, -0.05) is 0 Å². The molecule has 0 spiro atoms. The van der Waals surface area contributed by atoms with Crippen LogP contribution in [0.5, 0.6) is 11.5 Å². The van der Waals surface area contributed by atoms with E-state index in [1.807, 2.05) is 6.07 Å². The first kappa shape index (κ1) is 13.2. The number of rotatable bonds is 5. The molecule has 0 radical (unpaired) electrons. The van der Waals surface area contributed by atoms with Crippen LogP contribution in [-0.4, -0.2) is 37.6 Å². The lowest BCUT2D eigenvalue weighted by Gasteiger charge is -2.19. The molecule has 0 bridgehead atoms. The van der Waals surface area contributed by atoms with Crippen molar-refractivity contribution in [2.75, 3.05) is 20.8 Å². The Hall–Kier alpha value is -2.22. The average molecular weight is 260 g/mol. The van der Waals surface area contributed by atoms with E-state index in [0.717, 1.165) is 12.8 Å². The van der Waals surface area contributed by atoms with Gasteiger partial charge in [-0.15, -0.1) is 0 Å². The van der Waals surface area contributed by atoms with Gasteiger partial charge < -0.3 is 14.4 Å². The molecule has 1 fully saturated rings. The molecule has 0 saturated heterocycles. The van der Waals surface area contributed by atoms with Gasteiger partial charge in [-0.25, -0.2) is 0 Å². The van der Waals surface area contributed by atoms with Crippen molar-refractivity contribution in [3.63, 3.8) is 0 Å². The second-order valence-corrected chi connectivity index (χ2v) is 4.39. The van der Waals surface area contributed by atoms with Gasteiger partial charge in [0.05, 0.1) is 20.3 Å². The summed E-state index contributed by atoms with van der Waals surface area (Å²) in [5, 5.41) is 8.80. The molecule has 19 heavy (non-hydrogen) atoms. The van der Waals surface area contributed by atoms with E-state index >= 15 is 0 Å². The Morgan fingerprint density at radius 3 is 2.58 bits per heavy atom. The van der Waals surface area contributed by atoms with Crippen LogP contribution in [0.4, 0.5) is 0 Å². The molecule has 1 amide bonds. The maximum atomic E-state index is 12.4. The Morgan fingerprint density at radius 2 is 2.05 bits per heavy atom. The highest BCUT2D eigenvalue weighted by atomic mass is 16.5. The Labute approximate surface area is 112 Å². The third kappa shape index (κ3) is 2.79. The van der Waals surface area contributed by atoms with Crippen LogP contribution in [0.3, 0.4) is 0 Å². The summed E-state index contributed by atoms with van der Waals surface area (Å²) in [7, 11) is 3.07. The molecule has 1 aliphatic rings. The molecule has 0 aliphatic heterocycles. The molecule has 0 aromatic heterocycles. The summed E-state index contributed by atoms with van der Waals surface area (Å²) in [5.74, 6) is 0.961. The number of ether oxygens (including phenoxy) is 2. The van der Waals surface area contributed by atoms with Gasteiger partial charge in [-0.2, -0.15) is 5.26 Å². The van der Waals surface area contributed by atoms with E-state index in [-0.39, 0.29) is 18.5 Å². The molecule has 2 rings (SSSR count). The summed E-state index contributed by atoms with van der Waals surface area (Å²) in [6.07, 6.45) is 1.95. The van der Waals surface area contributed by atoms with Gasteiger partial charge in [-0.05, 0) is 31.0 Å². The van der Waals surface area contributed by atoms with Gasteiger partial charge in [0.15, 0.2) is 11.5 Å². The van der Waals surface area contributed by atoms with Crippen LogP contribution in [0.15, 0.2) is 18.2 Å². The zero-order valence-electron chi connectivity index (χ0n) is 11.0. The molecular weight excluding hydrogens is 244 g/mol. The third-order valence-electron chi connectivity index (χ3n) is 3.12. The van der Waals surface area contributed by atoms with Gasteiger partial charge in [0.2, 0.25) is 0 Å². The van der Waals surface area contributed by atoms with Crippen molar-refractivity contribution in [3.05, 3.63) is 23.8 Å². The second kappa shape index (κ2) is 5.61. The number of methoxy groups -OCH3 is 2. The normalized spacial score (nSPS) is 13.5. The number of hydrogen-bond donors (Lipinski definition) is 0. The highest BCUT2D eigenvalue weighted by molar-refractivity contribution is 5.95. The average Bonchev–Trinajstić information content (AvgIpc) is 3.27. The quantitative estimate of drug-likeness (QED) is 0.758. The largest absolute Gasteiger partial charge is 0.493 e. The molecule has 1 saturated carbocycles. The number of nitriles is 1. The van der Waals surface area contributed by atoms with Crippen molar-refractivity contribution < 1.29 is 14.3 Å². The Bertz CT molecular complexity index is 518. The Balaban J connectivity index is 2.25. The van der Waals surface area contributed by atoms with Crippen LogP contribution in [0, 0.1) is 11.3 Å². The topological polar surface area (TPSA) is 62.6 Å². The fourth-order valence-corrected chi connectivity index (χ4v) is 1.96. The zero-order valence-corrected chi connectivity index (χ0v) is 11.0. The maximum absolute atomic E-state index is 12.4. The van der Waals surface area contributed by atoms with E-state index in [1.54, 1.807) is 30.2 Å². The van der Waals surface area contributed by atoms with Gasteiger partial charge in [-0.3, -0.25) is 4.79 Å². The van der Waals surface area contributed by atoms with Crippen LogP contribution in [0.25, 0.3) is 0 Å².